The van der Waals surface area contributed by atoms with Crippen molar-refractivity contribution in [3.63, 3.8) is 0 Å². The summed E-state index contributed by atoms with van der Waals surface area (Å²) in [6.07, 6.45) is 3.03. The van der Waals surface area contributed by atoms with Gasteiger partial charge in [0, 0.05) is 37.1 Å². The third-order valence-electron chi connectivity index (χ3n) is 3.45. The fraction of sp³-hybridized carbons (Fsp3) is 0.412. The molecule has 0 aliphatic carbocycles. The average Bonchev–Trinajstić information content (AvgIpc) is 2.89. The summed E-state index contributed by atoms with van der Waals surface area (Å²) >= 11 is 0. The molecule has 1 unspecified atom stereocenters. The van der Waals surface area contributed by atoms with Gasteiger partial charge in [0.2, 0.25) is 0 Å². The van der Waals surface area contributed by atoms with Gasteiger partial charge < -0.3 is 15.3 Å². The van der Waals surface area contributed by atoms with E-state index < -0.39 is 6.10 Å². The van der Waals surface area contributed by atoms with E-state index in [1.54, 1.807) is 28.8 Å². The summed E-state index contributed by atoms with van der Waals surface area (Å²) in [4.78, 5) is 14.4. The van der Waals surface area contributed by atoms with Gasteiger partial charge in [0.1, 0.15) is 0 Å². The van der Waals surface area contributed by atoms with Crippen molar-refractivity contribution in [1.29, 1.82) is 0 Å². The fourth-order valence-electron chi connectivity index (χ4n) is 2.36. The number of carbonyl (C=O) groups excluding carboxylic acids is 1. The van der Waals surface area contributed by atoms with Crippen LogP contribution in [-0.4, -0.2) is 44.4 Å². The number of hydrogen-bond acceptors (Lipinski definition) is 4. The summed E-state index contributed by atoms with van der Waals surface area (Å²) in [5.41, 5.74) is 2.28. The number of aliphatic hydroxyl groups is 1. The van der Waals surface area contributed by atoms with Crippen LogP contribution >= 0.6 is 0 Å². The number of aliphatic hydroxyl groups excluding tert-OH is 1. The van der Waals surface area contributed by atoms with Gasteiger partial charge in [-0.05, 0) is 39.0 Å². The molecule has 1 heterocycles. The number of aryl methyl sites for hydroxylation is 1. The zero-order valence-corrected chi connectivity index (χ0v) is 14.0. The predicted molar refractivity (Wildman–Crippen MR) is 90.8 cm³/mol. The SMILES string of the molecule is CC(O)CN(C(=O)c1cccc(Nc2cnn(C)c2)c1)C(C)C. The maximum absolute atomic E-state index is 12.7. The number of amides is 1. The lowest BCUT2D eigenvalue weighted by Crippen LogP contribution is -2.41. The van der Waals surface area contributed by atoms with Crippen LogP contribution in [0.1, 0.15) is 31.1 Å². The van der Waals surface area contributed by atoms with Crippen LogP contribution in [0.5, 0.6) is 0 Å². The zero-order valence-electron chi connectivity index (χ0n) is 14.0. The van der Waals surface area contributed by atoms with E-state index in [4.69, 9.17) is 0 Å². The van der Waals surface area contributed by atoms with Crippen LogP contribution in [0.15, 0.2) is 36.7 Å². The van der Waals surface area contributed by atoms with Crippen LogP contribution in [-0.2, 0) is 7.05 Å². The molecule has 0 saturated heterocycles. The van der Waals surface area contributed by atoms with Gasteiger partial charge in [0.25, 0.3) is 5.91 Å². The van der Waals surface area contributed by atoms with E-state index in [9.17, 15) is 9.90 Å². The molecule has 2 aromatic rings. The molecule has 6 nitrogen and oxygen atoms in total. The van der Waals surface area contributed by atoms with Gasteiger partial charge in [0.15, 0.2) is 0 Å². The molecular weight excluding hydrogens is 292 g/mol. The predicted octanol–water partition coefficient (Wildman–Crippen LogP) is 2.40. The van der Waals surface area contributed by atoms with Gasteiger partial charge in [-0.15, -0.1) is 0 Å². The van der Waals surface area contributed by atoms with Crippen LogP contribution in [0.4, 0.5) is 11.4 Å². The Morgan fingerprint density at radius 1 is 1.35 bits per heavy atom. The normalized spacial score (nSPS) is 12.3. The number of nitrogens with one attached hydrogen (secondary N) is 1. The third kappa shape index (κ3) is 4.56. The number of nitrogens with zero attached hydrogens (tertiary/aromatic N) is 3. The molecule has 0 fully saturated rings. The van der Waals surface area contributed by atoms with Crippen molar-refractivity contribution in [2.45, 2.75) is 32.9 Å². The molecule has 124 valence electrons. The molecule has 23 heavy (non-hydrogen) atoms. The summed E-state index contributed by atoms with van der Waals surface area (Å²) in [6.45, 7) is 5.88. The van der Waals surface area contributed by atoms with E-state index in [1.165, 1.54) is 0 Å². The van der Waals surface area contributed by atoms with Crippen molar-refractivity contribution in [2.24, 2.45) is 7.05 Å². The van der Waals surface area contributed by atoms with Crippen LogP contribution < -0.4 is 5.32 Å². The van der Waals surface area contributed by atoms with E-state index in [-0.39, 0.29) is 11.9 Å². The summed E-state index contributed by atoms with van der Waals surface area (Å²) in [5, 5.41) is 16.9. The highest BCUT2D eigenvalue weighted by Crippen LogP contribution is 2.18. The van der Waals surface area contributed by atoms with Gasteiger partial charge in [-0.1, -0.05) is 6.07 Å². The van der Waals surface area contributed by atoms with Crippen molar-refractivity contribution < 1.29 is 9.90 Å². The lowest BCUT2D eigenvalue weighted by atomic mass is 10.1. The molecule has 0 aliphatic heterocycles. The number of hydrogen-bond donors (Lipinski definition) is 2. The standard InChI is InChI=1S/C17H24N4O2/c1-12(2)21(10-13(3)22)17(23)14-6-5-7-15(8-14)19-16-9-18-20(4)11-16/h5-9,11-13,19,22H,10H2,1-4H3. The molecule has 1 aromatic carbocycles. The maximum atomic E-state index is 12.7. The molecule has 0 aliphatic rings. The Bertz CT molecular complexity index is 664. The number of rotatable bonds is 6. The molecule has 0 spiro atoms. The second kappa shape index (κ2) is 7.28. The molecule has 1 atom stereocenters. The number of carbonyl (C=O) groups is 1. The van der Waals surface area contributed by atoms with Crippen molar-refractivity contribution in [3.8, 4) is 0 Å². The minimum atomic E-state index is -0.557. The Labute approximate surface area is 136 Å². The zero-order chi connectivity index (χ0) is 17.0. The van der Waals surface area contributed by atoms with Crippen molar-refractivity contribution in [3.05, 3.63) is 42.2 Å². The van der Waals surface area contributed by atoms with Crippen LogP contribution in [0.3, 0.4) is 0 Å². The van der Waals surface area contributed by atoms with Gasteiger partial charge in [0.05, 0.1) is 18.0 Å². The first kappa shape index (κ1) is 17.0. The fourth-order valence-corrected chi connectivity index (χ4v) is 2.36. The van der Waals surface area contributed by atoms with Crippen molar-refractivity contribution >= 4 is 17.3 Å². The van der Waals surface area contributed by atoms with Crippen molar-refractivity contribution in [1.82, 2.24) is 14.7 Å². The highest BCUT2D eigenvalue weighted by molar-refractivity contribution is 5.95. The van der Waals surface area contributed by atoms with E-state index in [1.807, 2.05) is 45.3 Å². The number of benzene rings is 1. The van der Waals surface area contributed by atoms with Gasteiger partial charge in [-0.3, -0.25) is 9.48 Å². The summed E-state index contributed by atoms with van der Waals surface area (Å²) in [7, 11) is 1.85. The molecule has 0 radical (unpaired) electrons. The Hall–Kier alpha value is -2.34. The maximum Gasteiger partial charge on any atom is 0.254 e. The quantitative estimate of drug-likeness (QED) is 0.858. The summed E-state index contributed by atoms with van der Waals surface area (Å²) < 4.78 is 1.71. The van der Waals surface area contributed by atoms with Crippen molar-refractivity contribution in [2.75, 3.05) is 11.9 Å². The molecule has 1 aromatic heterocycles. The van der Waals surface area contributed by atoms with E-state index in [0.717, 1.165) is 11.4 Å². The highest BCUT2D eigenvalue weighted by Gasteiger charge is 2.20. The van der Waals surface area contributed by atoms with E-state index in [2.05, 4.69) is 10.4 Å². The summed E-state index contributed by atoms with van der Waals surface area (Å²) in [6, 6.07) is 7.36. The molecule has 0 bridgehead atoms. The van der Waals surface area contributed by atoms with E-state index in [0.29, 0.717) is 12.1 Å². The third-order valence-corrected chi connectivity index (χ3v) is 3.45. The Kier molecular flexibility index (Phi) is 5.39. The highest BCUT2D eigenvalue weighted by atomic mass is 16.3. The lowest BCUT2D eigenvalue weighted by Gasteiger charge is -2.28. The Balaban J connectivity index is 2.18. The van der Waals surface area contributed by atoms with Crippen LogP contribution in [0.25, 0.3) is 0 Å². The summed E-state index contributed by atoms with van der Waals surface area (Å²) in [5.74, 6) is -0.0873. The Morgan fingerprint density at radius 3 is 2.65 bits per heavy atom. The first-order valence-corrected chi connectivity index (χ1v) is 7.71. The van der Waals surface area contributed by atoms with Gasteiger partial charge >= 0.3 is 0 Å². The average molecular weight is 316 g/mol. The molecule has 0 saturated carbocycles. The van der Waals surface area contributed by atoms with Crippen LogP contribution in [0.2, 0.25) is 0 Å². The molecule has 2 N–H and O–H groups in total. The number of anilines is 2. The second-order valence-electron chi connectivity index (χ2n) is 6.01. The molecule has 6 heteroatoms. The van der Waals surface area contributed by atoms with Crippen LogP contribution in [0, 0.1) is 0 Å². The molecule has 1 amide bonds. The lowest BCUT2D eigenvalue weighted by molar-refractivity contribution is 0.0579. The van der Waals surface area contributed by atoms with E-state index >= 15 is 0 Å². The number of aromatic nitrogens is 2. The minimum absolute atomic E-state index is 0.0204. The first-order chi connectivity index (χ1) is 10.9. The topological polar surface area (TPSA) is 70.4 Å². The monoisotopic (exact) mass is 316 g/mol. The molecular formula is C17H24N4O2. The van der Waals surface area contributed by atoms with Gasteiger partial charge in [-0.2, -0.15) is 5.10 Å². The molecule has 2 rings (SSSR count). The van der Waals surface area contributed by atoms with Gasteiger partial charge in [-0.25, -0.2) is 0 Å². The largest absolute Gasteiger partial charge is 0.392 e. The second-order valence-corrected chi connectivity index (χ2v) is 6.01. The Morgan fingerprint density at radius 2 is 2.09 bits per heavy atom. The smallest absolute Gasteiger partial charge is 0.254 e. The minimum Gasteiger partial charge on any atom is -0.392 e. The first-order valence-electron chi connectivity index (χ1n) is 7.71.